The van der Waals surface area contributed by atoms with E-state index in [-0.39, 0.29) is 11.4 Å². The summed E-state index contributed by atoms with van der Waals surface area (Å²) in [4.78, 5) is 27.9. The van der Waals surface area contributed by atoms with Crippen molar-refractivity contribution in [1.82, 2.24) is 9.55 Å². The summed E-state index contributed by atoms with van der Waals surface area (Å²) in [6.45, 7) is 0. The molecule has 1 aromatic heterocycles. The topological polar surface area (TPSA) is 72.2 Å². The number of halogens is 1. The van der Waals surface area contributed by atoms with Crippen molar-refractivity contribution >= 4 is 5.97 Å². The fourth-order valence-electron chi connectivity index (χ4n) is 2.78. The number of aliphatic carboxylic acids is 1. The molecule has 2 heterocycles. The maximum absolute atomic E-state index is 12.9. The summed E-state index contributed by atoms with van der Waals surface area (Å²) in [5.74, 6) is -0.770. The molecule has 1 atom stereocenters. The van der Waals surface area contributed by atoms with Gasteiger partial charge in [0.15, 0.2) is 0 Å². The molecule has 0 unspecified atom stereocenters. The molecule has 2 aromatic rings. The maximum Gasteiger partial charge on any atom is 0.326 e. The van der Waals surface area contributed by atoms with Gasteiger partial charge in [-0.2, -0.15) is 0 Å². The summed E-state index contributed by atoms with van der Waals surface area (Å²) in [7, 11) is 0. The molecule has 0 amide bonds. The molecule has 0 fully saturated rings. The van der Waals surface area contributed by atoms with E-state index in [0.29, 0.717) is 37.1 Å². The van der Waals surface area contributed by atoms with E-state index in [4.69, 9.17) is 0 Å². The molecule has 3 rings (SSSR count). The first-order chi connectivity index (χ1) is 10.6. The zero-order valence-corrected chi connectivity index (χ0v) is 11.8. The number of carbonyl (C=O) groups is 1. The van der Waals surface area contributed by atoms with Crippen LogP contribution in [0.15, 0.2) is 35.3 Å². The monoisotopic (exact) mass is 302 g/mol. The quantitative estimate of drug-likeness (QED) is 0.933. The van der Waals surface area contributed by atoms with Crippen molar-refractivity contribution in [3.8, 4) is 0 Å². The van der Waals surface area contributed by atoms with Gasteiger partial charge in [0.25, 0.3) is 5.56 Å². The molecular formula is C16H15FN2O3. The van der Waals surface area contributed by atoms with Crippen LogP contribution in [0.3, 0.4) is 0 Å². The lowest BCUT2D eigenvalue weighted by Crippen LogP contribution is -2.30. The Morgan fingerprint density at radius 2 is 2.05 bits per heavy atom. The van der Waals surface area contributed by atoms with Gasteiger partial charge in [-0.05, 0) is 37.0 Å². The van der Waals surface area contributed by atoms with E-state index in [1.165, 1.54) is 22.9 Å². The number of hydrogen-bond donors (Lipinski definition) is 1. The van der Waals surface area contributed by atoms with Crippen LogP contribution in [0.5, 0.6) is 0 Å². The van der Waals surface area contributed by atoms with Gasteiger partial charge >= 0.3 is 5.97 Å². The highest BCUT2D eigenvalue weighted by Gasteiger charge is 2.30. The molecule has 114 valence electrons. The number of aryl methyl sites for hydroxylation is 3. The number of hydrogen-bond acceptors (Lipinski definition) is 3. The smallest absolute Gasteiger partial charge is 0.326 e. The Labute approximate surface area is 126 Å². The van der Waals surface area contributed by atoms with Gasteiger partial charge in [-0.1, -0.05) is 12.1 Å². The van der Waals surface area contributed by atoms with Gasteiger partial charge in [0.2, 0.25) is 0 Å². The standard InChI is InChI=1S/C16H15FN2O3/c17-12-5-2-10(3-6-12)1-4-11-9-18-14-8-7-13(16(21)22)19(14)15(11)20/h2-3,5-6,9,13H,1,4,7-8H2,(H,21,22)/t13-/m0/s1. The highest BCUT2D eigenvalue weighted by molar-refractivity contribution is 5.72. The Hall–Kier alpha value is -2.50. The molecule has 0 aliphatic carbocycles. The lowest BCUT2D eigenvalue weighted by atomic mass is 10.1. The Morgan fingerprint density at radius 1 is 1.32 bits per heavy atom. The van der Waals surface area contributed by atoms with E-state index in [9.17, 15) is 19.1 Å². The third-order valence-electron chi connectivity index (χ3n) is 3.98. The second-order valence-corrected chi connectivity index (χ2v) is 5.39. The fourth-order valence-corrected chi connectivity index (χ4v) is 2.78. The summed E-state index contributed by atoms with van der Waals surface area (Å²) in [5.41, 5.74) is 1.12. The van der Waals surface area contributed by atoms with Crippen LogP contribution >= 0.6 is 0 Å². The molecule has 0 spiro atoms. The summed E-state index contributed by atoms with van der Waals surface area (Å²) in [6.07, 6.45) is 3.46. The minimum Gasteiger partial charge on any atom is -0.480 e. The average molecular weight is 302 g/mol. The predicted molar refractivity (Wildman–Crippen MR) is 77.3 cm³/mol. The summed E-state index contributed by atoms with van der Waals surface area (Å²) in [5, 5.41) is 9.19. The molecule has 5 nitrogen and oxygen atoms in total. The van der Waals surface area contributed by atoms with Crippen LogP contribution in [0.25, 0.3) is 0 Å². The van der Waals surface area contributed by atoms with Gasteiger partial charge in [-0.15, -0.1) is 0 Å². The molecule has 6 heteroatoms. The zero-order valence-electron chi connectivity index (χ0n) is 11.8. The van der Waals surface area contributed by atoms with Crippen LogP contribution < -0.4 is 5.56 Å². The van der Waals surface area contributed by atoms with E-state index in [2.05, 4.69) is 4.98 Å². The first-order valence-corrected chi connectivity index (χ1v) is 7.13. The van der Waals surface area contributed by atoms with E-state index >= 15 is 0 Å². The van der Waals surface area contributed by atoms with E-state index < -0.39 is 12.0 Å². The Balaban J connectivity index is 1.84. The van der Waals surface area contributed by atoms with Crippen LogP contribution in [-0.2, 0) is 24.1 Å². The average Bonchev–Trinajstić information content (AvgIpc) is 2.93. The molecule has 22 heavy (non-hydrogen) atoms. The van der Waals surface area contributed by atoms with Gasteiger partial charge in [-0.3, -0.25) is 9.36 Å². The van der Waals surface area contributed by atoms with Gasteiger partial charge in [-0.25, -0.2) is 14.2 Å². The van der Waals surface area contributed by atoms with Crippen LogP contribution in [-0.4, -0.2) is 20.6 Å². The summed E-state index contributed by atoms with van der Waals surface area (Å²) >= 11 is 0. The molecule has 0 saturated heterocycles. The fraction of sp³-hybridized carbons (Fsp3) is 0.312. The van der Waals surface area contributed by atoms with Crippen LogP contribution in [0.1, 0.15) is 29.4 Å². The lowest BCUT2D eigenvalue weighted by Gasteiger charge is -2.11. The van der Waals surface area contributed by atoms with Gasteiger partial charge < -0.3 is 5.11 Å². The van der Waals surface area contributed by atoms with E-state index in [1.54, 1.807) is 12.1 Å². The maximum atomic E-state index is 12.9. The summed E-state index contributed by atoms with van der Waals surface area (Å²) < 4.78 is 14.2. The van der Waals surface area contributed by atoms with Crippen molar-refractivity contribution < 1.29 is 14.3 Å². The van der Waals surface area contributed by atoms with Crippen LogP contribution in [0, 0.1) is 5.82 Å². The Morgan fingerprint density at radius 3 is 2.73 bits per heavy atom. The molecular weight excluding hydrogens is 287 g/mol. The molecule has 1 aliphatic rings. The third kappa shape index (κ3) is 2.64. The van der Waals surface area contributed by atoms with E-state index in [1.807, 2.05) is 0 Å². The second-order valence-electron chi connectivity index (χ2n) is 5.39. The highest BCUT2D eigenvalue weighted by atomic mass is 19.1. The van der Waals surface area contributed by atoms with E-state index in [0.717, 1.165) is 5.56 Å². The number of rotatable bonds is 4. The van der Waals surface area contributed by atoms with Crippen molar-refractivity contribution in [2.24, 2.45) is 0 Å². The second kappa shape index (κ2) is 5.71. The van der Waals surface area contributed by atoms with Gasteiger partial charge in [0, 0.05) is 18.2 Å². The SMILES string of the molecule is O=C(O)[C@@H]1CCc2ncc(CCc3ccc(F)cc3)c(=O)n21. The number of benzene rings is 1. The molecule has 1 aromatic carbocycles. The molecule has 0 bridgehead atoms. The lowest BCUT2D eigenvalue weighted by molar-refractivity contribution is -0.140. The number of carboxylic acid groups (broad SMARTS) is 1. The van der Waals surface area contributed by atoms with Crippen LogP contribution in [0.4, 0.5) is 4.39 Å². The van der Waals surface area contributed by atoms with Crippen molar-refractivity contribution in [2.45, 2.75) is 31.7 Å². The first-order valence-electron chi connectivity index (χ1n) is 7.13. The Kier molecular flexibility index (Phi) is 3.75. The Bertz CT molecular complexity index is 768. The molecule has 0 saturated carbocycles. The molecule has 1 N–H and O–H groups in total. The molecule has 0 radical (unpaired) electrons. The largest absolute Gasteiger partial charge is 0.480 e. The number of nitrogens with zero attached hydrogens (tertiary/aromatic N) is 2. The van der Waals surface area contributed by atoms with Crippen molar-refractivity contribution in [3.63, 3.8) is 0 Å². The van der Waals surface area contributed by atoms with Crippen LogP contribution in [0.2, 0.25) is 0 Å². The number of fused-ring (bicyclic) bond motifs is 1. The van der Waals surface area contributed by atoms with Crippen molar-refractivity contribution in [3.05, 3.63) is 63.6 Å². The molecule has 1 aliphatic heterocycles. The number of carboxylic acids is 1. The predicted octanol–water partition coefficient (Wildman–Crippen LogP) is 1.74. The van der Waals surface area contributed by atoms with Gasteiger partial charge in [0.05, 0.1) is 0 Å². The third-order valence-corrected chi connectivity index (χ3v) is 3.98. The first kappa shape index (κ1) is 14.4. The van der Waals surface area contributed by atoms with Crippen molar-refractivity contribution in [1.29, 1.82) is 0 Å². The van der Waals surface area contributed by atoms with Gasteiger partial charge in [0.1, 0.15) is 17.7 Å². The van der Waals surface area contributed by atoms with Crippen molar-refractivity contribution in [2.75, 3.05) is 0 Å². The number of aromatic nitrogens is 2. The highest BCUT2D eigenvalue weighted by Crippen LogP contribution is 2.22. The zero-order chi connectivity index (χ0) is 15.7. The summed E-state index contributed by atoms with van der Waals surface area (Å²) in [6, 6.07) is 5.29. The minimum absolute atomic E-state index is 0.281. The minimum atomic E-state index is -1.00. The normalized spacial score (nSPS) is 16.5.